The molecule has 0 atom stereocenters. The van der Waals surface area contributed by atoms with Crippen LogP contribution in [0.15, 0.2) is 35.5 Å². The van der Waals surface area contributed by atoms with Gasteiger partial charge >= 0.3 is 0 Å². The molecule has 0 radical (unpaired) electrons. The number of rotatable bonds is 2. The molecule has 0 aliphatic heterocycles. The molecular weight excluding hydrogens is 236 g/mol. The zero-order chi connectivity index (χ0) is 12.1. The van der Waals surface area contributed by atoms with Gasteiger partial charge in [-0.15, -0.1) is 11.3 Å². The molecule has 1 N–H and O–H groups in total. The van der Waals surface area contributed by atoms with E-state index in [1.807, 2.05) is 12.1 Å². The molecule has 0 bridgehead atoms. The molecule has 0 spiro atoms. The van der Waals surface area contributed by atoms with Crippen LogP contribution in [0.25, 0.3) is 0 Å². The van der Waals surface area contributed by atoms with Crippen molar-refractivity contribution in [3.8, 4) is 11.8 Å². The average molecular weight is 246 g/mol. The second-order valence-electron chi connectivity index (χ2n) is 3.27. The Labute approximate surface area is 102 Å². The number of aromatic nitrogens is 2. The second-order valence-corrected chi connectivity index (χ2v) is 4.44. The van der Waals surface area contributed by atoms with E-state index >= 15 is 0 Å². The van der Waals surface area contributed by atoms with Gasteiger partial charge in [0.2, 0.25) is 0 Å². The smallest absolute Gasteiger partial charge is 0.253 e. The molecule has 2 rings (SSSR count). The maximum atomic E-state index is 11.5. The van der Waals surface area contributed by atoms with Crippen LogP contribution in [0.4, 0.5) is 0 Å². The van der Waals surface area contributed by atoms with Gasteiger partial charge < -0.3 is 5.11 Å². The molecule has 0 saturated heterocycles. The summed E-state index contributed by atoms with van der Waals surface area (Å²) in [7, 11) is 0. The molecule has 2 aromatic rings. The lowest BCUT2D eigenvalue weighted by Crippen LogP contribution is -2.18. The Bertz CT molecular complexity index is 619. The van der Waals surface area contributed by atoms with Gasteiger partial charge in [-0.25, -0.2) is 4.98 Å². The van der Waals surface area contributed by atoms with Crippen molar-refractivity contribution in [3.05, 3.63) is 50.8 Å². The second kappa shape index (κ2) is 5.43. The van der Waals surface area contributed by atoms with Crippen molar-refractivity contribution in [1.29, 1.82) is 0 Å². The fourth-order valence-electron chi connectivity index (χ4n) is 1.32. The fraction of sp³-hybridized carbons (Fsp3) is 0.167. The van der Waals surface area contributed by atoms with Gasteiger partial charge in [-0.2, -0.15) is 0 Å². The largest absolute Gasteiger partial charge is 0.384 e. The molecule has 0 amide bonds. The van der Waals surface area contributed by atoms with E-state index in [9.17, 15) is 4.79 Å². The van der Waals surface area contributed by atoms with E-state index in [0.29, 0.717) is 6.54 Å². The van der Waals surface area contributed by atoms with Crippen LogP contribution in [-0.2, 0) is 6.54 Å². The normalized spacial score (nSPS) is 9.71. The number of aliphatic hydroxyl groups is 1. The van der Waals surface area contributed by atoms with Gasteiger partial charge in [-0.05, 0) is 12.1 Å². The molecule has 86 valence electrons. The van der Waals surface area contributed by atoms with Crippen LogP contribution in [0, 0.1) is 11.8 Å². The quantitative estimate of drug-likeness (QED) is 0.793. The molecule has 17 heavy (non-hydrogen) atoms. The average Bonchev–Trinajstić information content (AvgIpc) is 2.77. The van der Waals surface area contributed by atoms with E-state index in [1.54, 1.807) is 0 Å². The molecule has 0 aliphatic carbocycles. The molecule has 0 saturated carbocycles. The van der Waals surface area contributed by atoms with Gasteiger partial charge in [0.05, 0.1) is 17.7 Å². The van der Waals surface area contributed by atoms with Gasteiger partial charge in [-0.3, -0.25) is 9.36 Å². The summed E-state index contributed by atoms with van der Waals surface area (Å²) in [4.78, 5) is 17.3. The van der Waals surface area contributed by atoms with Crippen LogP contribution in [0.3, 0.4) is 0 Å². The van der Waals surface area contributed by atoms with Crippen molar-refractivity contribution in [3.63, 3.8) is 0 Å². The van der Waals surface area contributed by atoms with Crippen LogP contribution in [0.2, 0.25) is 0 Å². The highest BCUT2D eigenvalue weighted by atomic mass is 32.1. The standard InChI is InChI=1S/C12H10N2O2S/c15-7-1-2-10-3-4-11(17-10)8-14-9-13-6-5-12(14)16/h3-6,9,15H,7-8H2. The Morgan fingerprint density at radius 1 is 1.41 bits per heavy atom. The first-order valence-electron chi connectivity index (χ1n) is 4.98. The van der Waals surface area contributed by atoms with Gasteiger partial charge in [-0.1, -0.05) is 11.8 Å². The van der Waals surface area contributed by atoms with Gasteiger partial charge in [0.15, 0.2) is 0 Å². The Balaban J connectivity index is 2.17. The fourth-order valence-corrected chi connectivity index (χ4v) is 2.20. The minimum atomic E-state index is -0.144. The van der Waals surface area contributed by atoms with Crippen molar-refractivity contribution in [1.82, 2.24) is 9.55 Å². The van der Waals surface area contributed by atoms with Crippen LogP contribution in [0.5, 0.6) is 0 Å². The summed E-state index contributed by atoms with van der Waals surface area (Å²) >= 11 is 1.50. The van der Waals surface area contributed by atoms with E-state index in [-0.39, 0.29) is 12.2 Å². The molecule has 2 aromatic heterocycles. The predicted octanol–water partition coefficient (Wildman–Crippen LogP) is 0.697. The topological polar surface area (TPSA) is 55.1 Å². The number of thiophene rings is 1. The summed E-state index contributed by atoms with van der Waals surface area (Å²) in [6.07, 6.45) is 2.99. The Hall–Kier alpha value is -1.90. The SMILES string of the molecule is O=c1ccncn1Cc1ccc(C#CCO)s1. The van der Waals surface area contributed by atoms with Crippen LogP contribution in [-0.4, -0.2) is 21.3 Å². The van der Waals surface area contributed by atoms with E-state index in [2.05, 4.69) is 16.8 Å². The number of nitrogens with zero attached hydrogens (tertiary/aromatic N) is 2. The first kappa shape index (κ1) is 11.6. The maximum absolute atomic E-state index is 11.5. The van der Waals surface area contributed by atoms with Gasteiger partial charge in [0, 0.05) is 17.1 Å². The van der Waals surface area contributed by atoms with Crippen LogP contribution >= 0.6 is 11.3 Å². The molecule has 0 aliphatic rings. The summed E-state index contributed by atoms with van der Waals surface area (Å²) in [5.74, 6) is 5.42. The highest BCUT2D eigenvalue weighted by Gasteiger charge is 2.00. The predicted molar refractivity (Wildman–Crippen MR) is 65.9 cm³/mol. The highest BCUT2D eigenvalue weighted by molar-refractivity contribution is 7.12. The molecule has 0 unspecified atom stereocenters. The lowest BCUT2D eigenvalue weighted by molar-refractivity contribution is 0.350. The number of hydrogen-bond donors (Lipinski definition) is 1. The van der Waals surface area contributed by atoms with Crippen LogP contribution in [0.1, 0.15) is 9.75 Å². The summed E-state index contributed by atoms with van der Waals surface area (Å²) in [6, 6.07) is 5.23. The molecule has 4 nitrogen and oxygen atoms in total. The molecular formula is C12H10N2O2S. The van der Waals surface area contributed by atoms with Crippen molar-refractivity contribution < 1.29 is 5.11 Å². The third-order valence-corrected chi connectivity index (χ3v) is 3.06. The highest BCUT2D eigenvalue weighted by Crippen LogP contribution is 2.15. The first-order chi connectivity index (χ1) is 8.29. The maximum Gasteiger partial charge on any atom is 0.253 e. The molecule has 2 heterocycles. The van der Waals surface area contributed by atoms with Gasteiger partial charge in [0.25, 0.3) is 5.56 Å². The van der Waals surface area contributed by atoms with Crippen LogP contribution < -0.4 is 5.56 Å². The Kier molecular flexibility index (Phi) is 3.70. The third-order valence-electron chi connectivity index (χ3n) is 2.07. The number of hydrogen-bond acceptors (Lipinski definition) is 4. The molecule has 5 heteroatoms. The van der Waals surface area contributed by atoms with E-state index in [4.69, 9.17) is 5.11 Å². The molecule has 0 aromatic carbocycles. The summed E-state index contributed by atoms with van der Waals surface area (Å²) in [5.41, 5.74) is -0.0728. The molecule has 0 fully saturated rings. The number of aliphatic hydroxyl groups excluding tert-OH is 1. The van der Waals surface area contributed by atoms with Crippen molar-refractivity contribution in [2.45, 2.75) is 6.54 Å². The summed E-state index contributed by atoms with van der Waals surface area (Å²) < 4.78 is 1.54. The monoisotopic (exact) mass is 246 g/mol. The summed E-state index contributed by atoms with van der Waals surface area (Å²) in [5, 5.41) is 8.58. The minimum absolute atomic E-state index is 0.0728. The minimum Gasteiger partial charge on any atom is -0.384 e. The van der Waals surface area contributed by atoms with E-state index in [0.717, 1.165) is 9.75 Å². The van der Waals surface area contributed by atoms with Crippen molar-refractivity contribution >= 4 is 11.3 Å². The van der Waals surface area contributed by atoms with E-state index < -0.39 is 0 Å². The zero-order valence-electron chi connectivity index (χ0n) is 8.96. The lowest BCUT2D eigenvalue weighted by atomic mass is 10.4. The van der Waals surface area contributed by atoms with E-state index in [1.165, 1.54) is 34.5 Å². The van der Waals surface area contributed by atoms with Gasteiger partial charge in [0.1, 0.15) is 6.61 Å². The zero-order valence-corrected chi connectivity index (χ0v) is 9.78. The summed E-state index contributed by atoms with van der Waals surface area (Å²) in [6.45, 7) is 0.355. The Morgan fingerprint density at radius 2 is 2.29 bits per heavy atom. The van der Waals surface area contributed by atoms with Crippen molar-refractivity contribution in [2.75, 3.05) is 6.61 Å². The first-order valence-corrected chi connectivity index (χ1v) is 5.80. The Morgan fingerprint density at radius 3 is 3.06 bits per heavy atom. The lowest BCUT2D eigenvalue weighted by Gasteiger charge is -2.00. The third kappa shape index (κ3) is 3.03. The van der Waals surface area contributed by atoms with Crippen molar-refractivity contribution in [2.24, 2.45) is 0 Å².